The van der Waals surface area contributed by atoms with E-state index in [0.29, 0.717) is 31.1 Å². The molecule has 6 nitrogen and oxygen atoms in total. The summed E-state index contributed by atoms with van der Waals surface area (Å²) >= 11 is 0. The Hall–Kier alpha value is -2.87. The summed E-state index contributed by atoms with van der Waals surface area (Å²) in [6, 6.07) is 11.2. The standard InChI is InChI=1S/C27H35F2N5O/c1-18(21-9-7-20(8-10-21)16-33-14-6-13-27(28,29)17-33)31-25-30-15-22-11-12-23(35)34(24(22)32-25)19(2)26(3,4)5/h7-12,15,18-19H,6,13-14,16-17H2,1-5H3,(H,30,31,32)/t18-,19-/m0/s1. The van der Waals surface area contributed by atoms with Crippen molar-refractivity contribution in [2.45, 2.75) is 72.0 Å². The Bertz CT molecular complexity index is 1230. The number of hydrogen-bond donors (Lipinski definition) is 1. The highest BCUT2D eigenvalue weighted by Crippen LogP contribution is 2.31. The molecule has 0 unspecified atom stereocenters. The van der Waals surface area contributed by atoms with E-state index in [1.54, 1.807) is 22.9 Å². The number of halogens is 2. The highest BCUT2D eigenvalue weighted by atomic mass is 19.3. The lowest BCUT2D eigenvalue weighted by Crippen LogP contribution is -2.41. The number of anilines is 1. The lowest BCUT2D eigenvalue weighted by molar-refractivity contribution is -0.0661. The van der Waals surface area contributed by atoms with Gasteiger partial charge in [-0.3, -0.25) is 14.3 Å². The van der Waals surface area contributed by atoms with Gasteiger partial charge in [0, 0.05) is 36.7 Å². The molecule has 1 aliphatic heterocycles. The largest absolute Gasteiger partial charge is 0.348 e. The minimum absolute atomic E-state index is 0.0201. The first-order valence-electron chi connectivity index (χ1n) is 12.3. The van der Waals surface area contributed by atoms with E-state index in [0.717, 1.165) is 16.5 Å². The maximum atomic E-state index is 13.7. The molecule has 0 bridgehead atoms. The number of piperidine rings is 1. The van der Waals surface area contributed by atoms with Crippen molar-refractivity contribution in [1.29, 1.82) is 0 Å². The van der Waals surface area contributed by atoms with E-state index in [2.05, 4.69) is 31.1 Å². The summed E-state index contributed by atoms with van der Waals surface area (Å²) in [7, 11) is 0. The van der Waals surface area contributed by atoms with Gasteiger partial charge in [-0.1, -0.05) is 45.0 Å². The van der Waals surface area contributed by atoms with Crippen LogP contribution in [0.25, 0.3) is 11.0 Å². The molecule has 0 spiro atoms. The summed E-state index contributed by atoms with van der Waals surface area (Å²) in [4.78, 5) is 23.7. The van der Waals surface area contributed by atoms with Crippen LogP contribution in [0, 0.1) is 5.41 Å². The van der Waals surface area contributed by atoms with Gasteiger partial charge in [0.15, 0.2) is 0 Å². The Morgan fingerprint density at radius 3 is 2.49 bits per heavy atom. The fourth-order valence-corrected chi connectivity index (χ4v) is 4.50. The van der Waals surface area contributed by atoms with Crippen LogP contribution in [0.4, 0.5) is 14.7 Å². The zero-order chi connectivity index (χ0) is 25.4. The van der Waals surface area contributed by atoms with E-state index in [-0.39, 0.29) is 36.0 Å². The van der Waals surface area contributed by atoms with Gasteiger partial charge >= 0.3 is 0 Å². The number of rotatable bonds is 6. The van der Waals surface area contributed by atoms with Crippen LogP contribution in [0.2, 0.25) is 0 Å². The molecule has 35 heavy (non-hydrogen) atoms. The molecule has 2 atom stereocenters. The maximum Gasteiger partial charge on any atom is 0.260 e. The smallest absolute Gasteiger partial charge is 0.260 e. The molecule has 0 saturated carbocycles. The van der Waals surface area contributed by atoms with Crippen LogP contribution in [0.5, 0.6) is 0 Å². The lowest BCUT2D eigenvalue weighted by atomic mass is 9.87. The monoisotopic (exact) mass is 483 g/mol. The summed E-state index contributed by atoms with van der Waals surface area (Å²) in [6.45, 7) is 11.4. The SMILES string of the molecule is C[C@H](Nc1ncc2ccc(=O)n([C@@H](C)C(C)(C)C)c2n1)c1ccc(CN2CCCC(F)(F)C2)cc1. The molecular weight excluding hydrogens is 448 g/mol. The molecule has 1 fully saturated rings. The van der Waals surface area contributed by atoms with Crippen molar-refractivity contribution in [3.05, 3.63) is 64.1 Å². The van der Waals surface area contributed by atoms with Gasteiger partial charge < -0.3 is 5.32 Å². The molecule has 1 saturated heterocycles. The second kappa shape index (κ2) is 9.64. The van der Waals surface area contributed by atoms with Crippen LogP contribution in [0.3, 0.4) is 0 Å². The van der Waals surface area contributed by atoms with E-state index in [4.69, 9.17) is 4.98 Å². The zero-order valence-corrected chi connectivity index (χ0v) is 21.2. The lowest BCUT2D eigenvalue weighted by Gasteiger charge is -2.32. The van der Waals surface area contributed by atoms with Gasteiger partial charge in [0.2, 0.25) is 5.95 Å². The third kappa shape index (κ3) is 5.86. The Balaban J connectivity index is 1.50. The molecule has 0 radical (unpaired) electrons. The molecular formula is C27H35F2N5O. The van der Waals surface area contributed by atoms with Crippen molar-refractivity contribution in [2.75, 3.05) is 18.4 Å². The predicted molar refractivity (Wildman–Crippen MR) is 136 cm³/mol. The zero-order valence-electron chi connectivity index (χ0n) is 21.2. The van der Waals surface area contributed by atoms with Crippen LogP contribution < -0.4 is 10.9 Å². The normalized spacial score (nSPS) is 18.4. The van der Waals surface area contributed by atoms with Crippen molar-refractivity contribution >= 4 is 17.0 Å². The number of alkyl halides is 2. The fraction of sp³-hybridized carbons (Fsp3) is 0.519. The van der Waals surface area contributed by atoms with E-state index < -0.39 is 5.92 Å². The van der Waals surface area contributed by atoms with Crippen molar-refractivity contribution in [3.8, 4) is 0 Å². The average Bonchev–Trinajstić information content (AvgIpc) is 2.78. The first-order valence-corrected chi connectivity index (χ1v) is 12.3. The van der Waals surface area contributed by atoms with Crippen molar-refractivity contribution < 1.29 is 8.78 Å². The minimum Gasteiger partial charge on any atom is -0.348 e. The second-order valence-electron chi connectivity index (χ2n) is 10.8. The number of nitrogens with one attached hydrogen (secondary N) is 1. The molecule has 8 heteroatoms. The molecule has 1 aliphatic rings. The first kappa shape index (κ1) is 25.2. The summed E-state index contributed by atoms with van der Waals surface area (Å²) in [6.07, 6.45) is 2.24. The van der Waals surface area contributed by atoms with Gasteiger partial charge in [-0.25, -0.2) is 13.8 Å². The topological polar surface area (TPSA) is 63.1 Å². The quantitative estimate of drug-likeness (QED) is 0.480. The summed E-state index contributed by atoms with van der Waals surface area (Å²) < 4.78 is 29.1. The first-order chi connectivity index (χ1) is 16.4. The van der Waals surface area contributed by atoms with Crippen LogP contribution >= 0.6 is 0 Å². The third-order valence-corrected chi connectivity index (χ3v) is 7.01. The Morgan fingerprint density at radius 1 is 1.11 bits per heavy atom. The number of pyridine rings is 1. The number of hydrogen-bond acceptors (Lipinski definition) is 5. The van der Waals surface area contributed by atoms with Gasteiger partial charge in [0.1, 0.15) is 5.65 Å². The molecule has 188 valence electrons. The van der Waals surface area contributed by atoms with E-state index in [1.165, 1.54) is 0 Å². The number of benzene rings is 1. The predicted octanol–water partition coefficient (Wildman–Crippen LogP) is 5.80. The van der Waals surface area contributed by atoms with Crippen LogP contribution in [-0.2, 0) is 6.54 Å². The van der Waals surface area contributed by atoms with Crippen LogP contribution in [0.15, 0.2) is 47.4 Å². The maximum absolute atomic E-state index is 13.7. The van der Waals surface area contributed by atoms with Crippen LogP contribution in [0.1, 0.15) is 70.7 Å². The van der Waals surface area contributed by atoms with Crippen molar-refractivity contribution in [2.24, 2.45) is 5.41 Å². The molecule has 1 aromatic carbocycles. The van der Waals surface area contributed by atoms with E-state index in [1.807, 2.05) is 43.0 Å². The summed E-state index contributed by atoms with van der Waals surface area (Å²) in [5.74, 6) is -2.14. The molecule has 0 amide bonds. The van der Waals surface area contributed by atoms with E-state index in [9.17, 15) is 13.6 Å². The molecule has 3 aromatic rings. The number of fused-ring (bicyclic) bond motifs is 1. The highest BCUT2D eigenvalue weighted by molar-refractivity contribution is 5.75. The average molecular weight is 484 g/mol. The Kier molecular flexibility index (Phi) is 6.95. The Morgan fingerprint density at radius 2 is 1.83 bits per heavy atom. The van der Waals surface area contributed by atoms with Gasteiger partial charge in [0.05, 0.1) is 12.6 Å². The molecule has 3 heterocycles. The van der Waals surface area contributed by atoms with Gasteiger partial charge in [0.25, 0.3) is 11.5 Å². The third-order valence-electron chi connectivity index (χ3n) is 7.01. The second-order valence-corrected chi connectivity index (χ2v) is 10.8. The van der Waals surface area contributed by atoms with Crippen LogP contribution in [-0.4, -0.2) is 38.4 Å². The fourth-order valence-electron chi connectivity index (χ4n) is 4.50. The number of aromatic nitrogens is 3. The minimum atomic E-state index is -2.59. The molecule has 1 N–H and O–H groups in total. The van der Waals surface area contributed by atoms with Gasteiger partial charge in [-0.05, 0) is 49.4 Å². The van der Waals surface area contributed by atoms with Gasteiger partial charge in [-0.15, -0.1) is 0 Å². The molecule has 0 aliphatic carbocycles. The van der Waals surface area contributed by atoms with Crippen molar-refractivity contribution in [1.82, 2.24) is 19.4 Å². The highest BCUT2D eigenvalue weighted by Gasteiger charge is 2.34. The van der Waals surface area contributed by atoms with E-state index >= 15 is 0 Å². The summed E-state index contributed by atoms with van der Waals surface area (Å²) in [5.41, 5.74) is 2.46. The van der Waals surface area contributed by atoms with Gasteiger partial charge in [-0.2, -0.15) is 4.98 Å². The number of likely N-dealkylation sites (tertiary alicyclic amines) is 1. The molecule has 2 aromatic heterocycles. The number of nitrogens with zero attached hydrogens (tertiary/aromatic N) is 4. The Labute approximate surface area is 205 Å². The van der Waals surface area contributed by atoms with Crippen molar-refractivity contribution in [3.63, 3.8) is 0 Å². The molecule has 4 rings (SSSR count). The summed E-state index contributed by atoms with van der Waals surface area (Å²) in [5, 5.41) is 4.15.